The maximum absolute atomic E-state index is 13.4. The molecule has 0 aliphatic rings. The van der Waals surface area contributed by atoms with E-state index in [1.54, 1.807) is 25.2 Å². The number of nitrogens with zero attached hydrogens (tertiary/aromatic N) is 5. The second-order valence-corrected chi connectivity index (χ2v) is 8.35. The van der Waals surface area contributed by atoms with E-state index in [9.17, 15) is 9.59 Å². The van der Waals surface area contributed by atoms with Gasteiger partial charge in [0.2, 0.25) is 5.78 Å². The second kappa shape index (κ2) is 6.78. The molecule has 0 spiro atoms. The summed E-state index contributed by atoms with van der Waals surface area (Å²) in [5.41, 5.74) is 2.62. The number of benzene rings is 1. The topological polar surface area (TPSA) is 66.2 Å². The summed E-state index contributed by atoms with van der Waals surface area (Å²) in [5.74, 6) is 0.657. The molecule has 0 aliphatic heterocycles. The lowest BCUT2D eigenvalue weighted by molar-refractivity contribution is 0.600. The van der Waals surface area contributed by atoms with Crippen LogP contribution in [-0.4, -0.2) is 23.1 Å². The van der Waals surface area contributed by atoms with Crippen molar-refractivity contribution in [3.63, 3.8) is 0 Å². The van der Waals surface area contributed by atoms with Crippen LogP contribution in [0.25, 0.3) is 16.9 Å². The van der Waals surface area contributed by atoms with Crippen LogP contribution < -0.4 is 11.2 Å². The average molecular weight is 434 g/mol. The third-order valence-corrected chi connectivity index (χ3v) is 6.14. The van der Waals surface area contributed by atoms with Crippen molar-refractivity contribution < 1.29 is 0 Å². The monoisotopic (exact) mass is 433 g/mol. The minimum atomic E-state index is -0.431. The third kappa shape index (κ3) is 2.83. The molecular formula is C20H21Cl2N5O2. The normalized spacial score (nSPS) is 12.0. The maximum Gasteiger partial charge on any atom is 0.332 e. The molecule has 0 radical (unpaired) electrons. The van der Waals surface area contributed by atoms with Gasteiger partial charge in [0, 0.05) is 24.5 Å². The van der Waals surface area contributed by atoms with Crippen LogP contribution >= 0.6 is 23.2 Å². The molecule has 3 heterocycles. The van der Waals surface area contributed by atoms with Crippen molar-refractivity contribution in [2.75, 3.05) is 0 Å². The summed E-state index contributed by atoms with van der Waals surface area (Å²) in [6.45, 7) is 8.18. The van der Waals surface area contributed by atoms with E-state index in [0.29, 0.717) is 32.6 Å². The van der Waals surface area contributed by atoms with Gasteiger partial charge in [-0.3, -0.25) is 18.3 Å². The fourth-order valence-corrected chi connectivity index (χ4v) is 4.17. The van der Waals surface area contributed by atoms with Crippen LogP contribution in [0.3, 0.4) is 0 Å². The lowest BCUT2D eigenvalue weighted by Gasteiger charge is -2.10. The Morgan fingerprint density at radius 1 is 1.07 bits per heavy atom. The van der Waals surface area contributed by atoms with E-state index >= 15 is 0 Å². The number of halogens is 2. The fraction of sp³-hybridized carbons (Fsp3) is 0.350. The number of hydrogen-bond acceptors (Lipinski definition) is 3. The first kappa shape index (κ1) is 19.8. The van der Waals surface area contributed by atoms with E-state index in [-0.39, 0.29) is 18.1 Å². The Bertz CT molecular complexity index is 1410. The summed E-state index contributed by atoms with van der Waals surface area (Å²) in [6, 6.07) is 5.23. The summed E-state index contributed by atoms with van der Waals surface area (Å²) in [4.78, 5) is 31.0. The lowest BCUT2D eigenvalue weighted by Crippen LogP contribution is -2.39. The molecule has 29 heavy (non-hydrogen) atoms. The van der Waals surface area contributed by atoms with Crippen molar-refractivity contribution in [1.29, 1.82) is 0 Å². The highest BCUT2D eigenvalue weighted by atomic mass is 35.5. The molecule has 4 aromatic rings. The highest BCUT2D eigenvalue weighted by molar-refractivity contribution is 6.42. The van der Waals surface area contributed by atoms with Gasteiger partial charge in [-0.1, -0.05) is 29.3 Å². The van der Waals surface area contributed by atoms with Crippen LogP contribution in [0.15, 0.2) is 27.8 Å². The van der Waals surface area contributed by atoms with Gasteiger partial charge in [0.25, 0.3) is 5.56 Å². The number of aromatic nitrogens is 5. The van der Waals surface area contributed by atoms with Crippen molar-refractivity contribution >= 4 is 40.1 Å². The smallest absolute Gasteiger partial charge is 0.311 e. The van der Waals surface area contributed by atoms with Gasteiger partial charge in [0.05, 0.1) is 16.6 Å². The van der Waals surface area contributed by atoms with Gasteiger partial charge in [0.15, 0.2) is 11.2 Å². The Labute approximate surface area is 176 Å². The van der Waals surface area contributed by atoms with Gasteiger partial charge in [-0.2, -0.15) is 4.98 Å². The van der Waals surface area contributed by atoms with E-state index in [0.717, 1.165) is 11.4 Å². The van der Waals surface area contributed by atoms with Crippen LogP contribution in [0, 0.1) is 13.8 Å². The molecule has 4 rings (SSSR count). The van der Waals surface area contributed by atoms with Crippen molar-refractivity contribution in [1.82, 2.24) is 23.1 Å². The zero-order chi connectivity index (χ0) is 21.2. The predicted molar refractivity (Wildman–Crippen MR) is 116 cm³/mol. The molecule has 0 saturated heterocycles. The molecule has 0 atom stereocenters. The number of fused-ring (bicyclic) bond motifs is 3. The van der Waals surface area contributed by atoms with E-state index < -0.39 is 5.69 Å². The van der Waals surface area contributed by atoms with Crippen LogP contribution in [0.2, 0.25) is 10.0 Å². The average Bonchev–Trinajstić information content (AvgIpc) is 3.15. The zero-order valence-corrected chi connectivity index (χ0v) is 18.3. The molecule has 1 aromatic carbocycles. The Hall–Kier alpha value is -2.51. The molecule has 0 N–H and O–H groups in total. The molecular weight excluding hydrogens is 413 g/mol. The molecule has 0 amide bonds. The Morgan fingerprint density at radius 2 is 1.76 bits per heavy atom. The Balaban J connectivity index is 2.06. The largest absolute Gasteiger partial charge is 0.332 e. The second-order valence-electron chi connectivity index (χ2n) is 7.54. The molecule has 152 valence electrons. The summed E-state index contributed by atoms with van der Waals surface area (Å²) < 4.78 is 6.54. The number of imidazole rings is 2. The first-order valence-corrected chi connectivity index (χ1v) is 10.0. The number of rotatable bonds is 3. The van der Waals surface area contributed by atoms with Crippen LogP contribution in [-0.2, 0) is 13.6 Å². The van der Waals surface area contributed by atoms with E-state index in [1.165, 1.54) is 9.13 Å². The highest BCUT2D eigenvalue weighted by Crippen LogP contribution is 2.25. The highest BCUT2D eigenvalue weighted by Gasteiger charge is 2.23. The zero-order valence-electron chi connectivity index (χ0n) is 16.8. The SMILES string of the molecule is Cc1c(C)n2c3c(=O)n(Cc4ccc(Cl)c(Cl)c4)c(=O)n(C)c3nc2n1C(C)C. The van der Waals surface area contributed by atoms with Gasteiger partial charge in [0.1, 0.15) is 0 Å². The predicted octanol–water partition coefficient (Wildman–Crippen LogP) is 3.70. The maximum atomic E-state index is 13.4. The summed E-state index contributed by atoms with van der Waals surface area (Å²) >= 11 is 12.1. The van der Waals surface area contributed by atoms with Gasteiger partial charge in [-0.05, 0) is 45.4 Å². The van der Waals surface area contributed by atoms with E-state index in [1.807, 2.05) is 18.2 Å². The molecule has 0 bridgehead atoms. The van der Waals surface area contributed by atoms with E-state index in [4.69, 9.17) is 23.2 Å². The van der Waals surface area contributed by atoms with Crippen LogP contribution in [0.4, 0.5) is 0 Å². The standard InChI is InChI=1S/C20H21Cl2N5O2/c1-10(2)26-11(3)12(4)27-16-17(23-19(26)27)24(5)20(29)25(18(16)28)9-13-6-7-14(21)15(22)8-13/h6-8,10H,9H2,1-5H3. The third-order valence-electron chi connectivity index (χ3n) is 5.40. The van der Waals surface area contributed by atoms with Gasteiger partial charge in [-0.15, -0.1) is 0 Å². The van der Waals surface area contributed by atoms with Crippen molar-refractivity contribution in [3.05, 3.63) is 66.0 Å². The number of aryl methyl sites for hydroxylation is 2. The van der Waals surface area contributed by atoms with E-state index in [2.05, 4.69) is 23.4 Å². The Kier molecular flexibility index (Phi) is 4.63. The van der Waals surface area contributed by atoms with Crippen molar-refractivity contribution in [2.45, 2.75) is 40.3 Å². The number of hydrogen-bond donors (Lipinski definition) is 0. The molecule has 0 fully saturated rings. The molecule has 3 aromatic heterocycles. The molecule has 0 aliphatic carbocycles. The van der Waals surface area contributed by atoms with Gasteiger partial charge in [-0.25, -0.2) is 4.79 Å². The lowest BCUT2D eigenvalue weighted by atomic mass is 10.2. The summed E-state index contributed by atoms with van der Waals surface area (Å²) in [7, 11) is 1.63. The molecule has 0 unspecified atom stereocenters. The first-order chi connectivity index (χ1) is 13.6. The summed E-state index contributed by atoms with van der Waals surface area (Å²) in [6.07, 6.45) is 0. The van der Waals surface area contributed by atoms with Gasteiger partial charge < -0.3 is 4.57 Å². The molecule has 0 saturated carbocycles. The summed E-state index contributed by atoms with van der Waals surface area (Å²) in [5, 5.41) is 0.798. The van der Waals surface area contributed by atoms with Gasteiger partial charge >= 0.3 is 5.69 Å². The minimum absolute atomic E-state index is 0.0918. The minimum Gasteiger partial charge on any atom is -0.311 e. The Morgan fingerprint density at radius 3 is 2.38 bits per heavy atom. The van der Waals surface area contributed by atoms with Crippen molar-refractivity contribution in [2.24, 2.45) is 7.05 Å². The molecule has 7 nitrogen and oxygen atoms in total. The first-order valence-electron chi connectivity index (χ1n) is 9.26. The quantitative estimate of drug-likeness (QED) is 0.494. The van der Waals surface area contributed by atoms with Crippen LogP contribution in [0.1, 0.15) is 36.8 Å². The fourth-order valence-electron chi connectivity index (χ4n) is 3.85. The molecule has 9 heteroatoms. The van der Waals surface area contributed by atoms with Crippen molar-refractivity contribution in [3.8, 4) is 0 Å². The van der Waals surface area contributed by atoms with Crippen LogP contribution in [0.5, 0.6) is 0 Å².